The van der Waals surface area contributed by atoms with E-state index in [9.17, 15) is 0 Å². The summed E-state index contributed by atoms with van der Waals surface area (Å²) in [6.45, 7) is 0. The lowest BCUT2D eigenvalue weighted by atomic mass is 10.0. The SMILES string of the molecule is c1ccc2cc(-c3nc(-n4c5ccccc5c5cc6c7ccccc7n7c8cc9ccccc9cc8c(c54)c67)c4ccccc4n3)ccc2c1. The lowest BCUT2D eigenvalue weighted by Gasteiger charge is -2.13. The van der Waals surface area contributed by atoms with Gasteiger partial charge in [-0.05, 0) is 70.1 Å². The molecule has 12 rings (SSSR count). The summed E-state index contributed by atoms with van der Waals surface area (Å²) in [4.78, 5) is 10.6. The standard InChI is InChI=1S/C46H26N4/c1-2-12-28-23-31(22-21-27(28)11-1)45-47-38-18-8-5-17-34(38)46(48-45)50-40-20-10-7-16-33(40)36-26-35-32-15-6-9-19-39(32)49-41-25-30-14-4-3-13-29(30)24-37(41)42(43(35)49)44(36)50/h1-26H. The van der Waals surface area contributed by atoms with Crippen LogP contribution < -0.4 is 0 Å². The molecule has 0 aliphatic carbocycles. The summed E-state index contributed by atoms with van der Waals surface area (Å²) < 4.78 is 4.90. The van der Waals surface area contributed by atoms with E-state index in [2.05, 4.69) is 167 Å². The van der Waals surface area contributed by atoms with Crippen LogP contribution in [0.3, 0.4) is 0 Å². The molecule has 0 saturated carbocycles. The molecule has 4 aromatic heterocycles. The van der Waals surface area contributed by atoms with Gasteiger partial charge in [-0.1, -0.05) is 109 Å². The second kappa shape index (κ2) is 9.43. The first kappa shape index (κ1) is 26.2. The Morgan fingerprint density at radius 3 is 1.82 bits per heavy atom. The summed E-state index contributed by atoms with van der Waals surface area (Å²) in [7, 11) is 0. The van der Waals surface area contributed by atoms with E-state index in [0.29, 0.717) is 5.82 Å². The zero-order valence-corrected chi connectivity index (χ0v) is 26.8. The largest absolute Gasteiger partial charge is 0.308 e. The fourth-order valence-electron chi connectivity index (χ4n) is 8.60. The lowest BCUT2D eigenvalue weighted by molar-refractivity contribution is 1.08. The molecule has 4 heterocycles. The minimum Gasteiger partial charge on any atom is -0.308 e. The van der Waals surface area contributed by atoms with Gasteiger partial charge in [-0.3, -0.25) is 4.57 Å². The van der Waals surface area contributed by atoms with Crippen LogP contribution in [0.5, 0.6) is 0 Å². The Kier molecular flexibility index (Phi) is 4.94. The van der Waals surface area contributed by atoms with Crippen molar-refractivity contribution >= 4 is 92.3 Å². The Bertz CT molecular complexity index is 3380. The number of hydrogen-bond acceptors (Lipinski definition) is 2. The maximum Gasteiger partial charge on any atom is 0.162 e. The number of nitrogens with zero attached hydrogens (tertiary/aromatic N) is 4. The van der Waals surface area contributed by atoms with E-state index < -0.39 is 0 Å². The van der Waals surface area contributed by atoms with Crippen molar-refractivity contribution in [1.82, 2.24) is 18.9 Å². The van der Waals surface area contributed by atoms with Gasteiger partial charge in [0, 0.05) is 43.3 Å². The van der Waals surface area contributed by atoms with Gasteiger partial charge in [0.1, 0.15) is 5.82 Å². The summed E-state index contributed by atoms with van der Waals surface area (Å²) in [6, 6.07) is 56.9. The molecule has 230 valence electrons. The zero-order chi connectivity index (χ0) is 32.5. The van der Waals surface area contributed by atoms with Crippen LogP contribution in [0.15, 0.2) is 158 Å². The molecule has 0 spiro atoms. The van der Waals surface area contributed by atoms with Crippen molar-refractivity contribution in [2.24, 2.45) is 0 Å². The summed E-state index contributed by atoms with van der Waals surface area (Å²) >= 11 is 0. The van der Waals surface area contributed by atoms with Gasteiger partial charge >= 0.3 is 0 Å². The molecule has 0 aliphatic heterocycles. The first-order valence-electron chi connectivity index (χ1n) is 17.1. The van der Waals surface area contributed by atoms with E-state index in [1.165, 1.54) is 75.9 Å². The smallest absolute Gasteiger partial charge is 0.162 e. The van der Waals surface area contributed by atoms with Gasteiger partial charge in [0.25, 0.3) is 0 Å². The monoisotopic (exact) mass is 634 g/mol. The van der Waals surface area contributed by atoms with Crippen LogP contribution in [0.1, 0.15) is 0 Å². The first-order valence-corrected chi connectivity index (χ1v) is 17.1. The molecular weight excluding hydrogens is 609 g/mol. The molecule has 4 heteroatoms. The Labute approximate surface area is 285 Å². The molecule has 50 heavy (non-hydrogen) atoms. The molecule has 0 bridgehead atoms. The second-order valence-electron chi connectivity index (χ2n) is 13.4. The van der Waals surface area contributed by atoms with Crippen molar-refractivity contribution in [1.29, 1.82) is 0 Å². The van der Waals surface area contributed by atoms with Crippen molar-refractivity contribution in [2.45, 2.75) is 0 Å². The number of fused-ring (bicyclic) bond motifs is 13. The minimum atomic E-state index is 0.716. The van der Waals surface area contributed by atoms with E-state index in [-0.39, 0.29) is 0 Å². The Morgan fingerprint density at radius 1 is 0.380 bits per heavy atom. The third-order valence-electron chi connectivity index (χ3n) is 10.8. The molecular formula is C46H26N4. The van der Waals surface area contributed by atoms with Gasteiger partial charge in [0.2, 0.25) is 0 Å². The number of para-hydroxylation sites is 3. The van der Waals surface area contributed by atoms with Gasteiger partial charge in [0.05, 0.1) is 33.1 Å². The van der Waals surface area contributed by atoms with Crippen LogP contribution >= 0.6 is 0 Å². The lowest BCUT2D eigenvalue weighted by Crippen LogP contribution is -2.03. The molecule has 12 aromatic rings. The average molecular weight is 635 g/mol. The number of aromatic nitrogens is 4. The summed E-state index contributed by atoms with van der Waals surface area (Å²) in [5.74, 6) is 1.60. The maximum absolute atomic E-state index is 5.49. The van der Waals surface area contributed by atoms with Gasteiger partial charge in [0.15, 0.2) is 5.82 Å². The van der Waals surface area contributed by atoms with Crippen molar-refractivity contribution < 1.29 is 0 Å². The van der Waals surface area contributed by atoms with E-state index in [4.69, 9.17) is 9.97 Å². The zero-order valence-electron chi connectivity index (χ0n) is 26.8. The van der Waals surface area contributed by atoms with Crippen LogP contribution in [0.25, 0.3) is 110 Å². The fraction of sp³-hybridized carbons (Fsp3) is 0. The molecule has 0 amide bonds. The van der Waals surface area contributed by atoms with Crippen molar-refractivity contribution in [3.05, 3.63) is 158 Å². The van der Waals surface area contributed by atoms with Gasteiger partial charge in [-0.25, -0.2) is 9.97 Å². The highest BCUT2D eigenvalue weighted by Crippen LogP contribution is 2.47. The number of rotatable bonds is 2. The third kappa shape index (κ3) is 3.34. The molecule has 0 N–H and O–H groups in total. The molecule has 0 unspecified atom stereocenters. The Balaban J connectivity index is 1.31. The summed E-state index contributed by atoms with van der Waals surface area (Å²) in [5.41, 5.74) is 7.92. The summed E-state index contributed by atoms with van der Waals surface area (Å²) in [6.07, 6.45) is 0. The number of hydrogen-bond donors (Lipinski definition) is 0. The van der Waals surface area contributed by atoms with Gasteiger partial charge in [-0.15, -0.1) is 0 Å². The topological polar surface area (TPSA) is 35.1 Å². The second-order valence-corrected chi connectivity index (χ2v) is 13.4. The molecule has 0 aliphatic rings. The first-order chi connectivity index (χ1) is 24.8. The average Bonchev–Trinajstić information content (AvgIpc) is 3.80. The van der Waals surface area contributed by atoms with E-state index in [0.717, 1.165) is 27.8 Å². The van der Waals surface area contributed by atoms with Crippen molar-refractivity contribution in [3.63, 3.8) is 0 Å². The van der Waals surface area contributed by atoms with E-state index in [1.807, 2.05) is 0 Å². The maximum atomic E-state index is 5.49. The highest BCUT2D eigenvalue weighted by molar-refractivity contribution is 6.35. The molecule has 4 nitrogen and oxygen atoms in total. The van der Waals surface area contributed by atoms with Crippen LogP contribution in [0, 0.1) is 0 Å². The predicted molar refractivity (Wildman–Crippen MR) is 209 cm³/mol. The summed E-state index contributed by atoms with van der Waals surface area (Å²) in [5, 5.41) is 13.3. The van der Waals surface area contributed by atoms with Gasteiger partial charge < -0.3 is 4.40 Å². The molecule has 8 aromatic carbocycles. The third-order valence-corrected chi connectivity index (χ3v) is 10.8. The quantitative estimate of drug-likeness (QED) is 0.190. The van der Waals surface area contributed by atoms with Crippen LogP contribution in [-0.2, 0) is 0 Å². The minimum absolute atomic E-state index is 0.716. The van der Waals surface area contributed by atoms with Crippen LogP contribution in [-0.4, -0.2) is 18.9 Å². The molecule has 0 atom stereocenters. The Morgan fingerprint density at radius 2 is 1.00 bits per heavy atom. The van der Waals surface area contributed by atoms with Crippen molar-refractivity contribution in [3.8, 4) is 17.2 Å². The van der Waals surface area contributed by atoms with Crippen molar-refractivity contribution in [2.75, 3.05) is 0 Å². The fourth-order valence-corrected chi connectivity index (χ4v) is 8.60. The van der Waals surface area contributed by atoms with Crippen LogP contribution in [0.2, 0.25) is 0 Å². The highest BCUT2D eigenvalue weighted by Gasteiger charge is 2.26. The molecule has 0 saturated heterocycles. The predicted octanol–water partition coefficient (Wildman–Crippen LogP) is 11.9. The normalized spacial score (nSPS) is 12.4. The van der Waals surface area contributed by atoms with E-state index >= 15 is 0 Å². The van der Waals surface area contributed by atoms with Crippen LogP contribution in [0.4, 0.5) is 0 Å². The molecule has 0 radical (unpaired) electrons. The highest BCUT2D eigenvalue weighted by atomic mass is 15.1. The van der Waals surface area contributed by atoms with E-state index in [1.54, 1.807) is 0 Å². The number of benzene rings is 8. The van der Waals surface area contributed by atoms with Gasteiger partial charge in [-0.2, -0.15) is 0 Å². The Hall–Kier alpha value is -6.78. The molecule has 0 fully saturated rings.